The minimum absolute atomic E-state index is 0. The van der Waals surface area contributed by atoms with Crippen LogP contribution in [-0.2, 0) is 13.9 Å². The van der Waals surface area contributed by atoms with E-state index in [0.29, 0.717) is 6.90 Å². The van der Waals surface area contributed by atoms with Crippen molar-refractivity contribution in [1.29, 1.82) is 0 Å². The molecule has 0 aromatic carbocycles. The SMILES string of the molecule is COC1=NCCCCC1.C[O+](C)C.FB(F)F.O=C1CCCCCN1.[2H]CC.[F-]. The minimum Gasteiger partial charge on any atom is -1.00 e. The van der Waals surface area contributed by atoms with Crippen molar-refractivity contribution < 1.29 is 32.9 Å². The minimum atomic E-state index is -3.67. The molecule has 0 aromatic heterocycles. The molecule has 0 bridgehead atoms. The summed E-state index contributed by atoms with van der Waals surface area (Å²) in [5.41, 5.74) is 0. The van der Waals surface area contributed by atoms with Crippen LogP contribution in [0.2, 0.25) is 0 Å². The van der Waals surface area contributed by atoms with Crippen LogP contribution in [0.5, 0.6) is 0 Å². The second-order valence-corrected chi connectivity index (χ2v) is 5.92. The fourth-order valence-electron chi connectivity index (χ4n) is 1.92. The van der Waals surface area contributed by atoms with Gasteiger partial charge in [0.15, 0.2) is 5.90 Å². The number of hydrogen-bond donors (Lipinski definition) is 1. The van der Waals surface area contributed by atoms with Crippen molar-refractivity contribution in [2.75, 3.05) is 41.5 Å². The Balaban J connectivity index is -0.000000143. The van der Waals surface area contributed by atoms with E-state index in [4.69, 9.17) is 6.11 Å². The number of amides is 1. The van der Waals surface area contributed by atoms with E-state index in [1.165, 1.54) is 25.7 Å². The maximum Gasteiger partial charge on any atom is 0.762 e. The van der Waals surface area contributed by atoms with Gasteiger partial charge in [0.25, 0.3) is 0 Å². The van der Waals surface area contributed by atoms with Gasteiger partial charge in [-0.3, -0.25) is 22.7 Å². The van der Waals surface area contributed by atoms with E-state index in [1.807, 2.05) is 21.3 Å². The van der Waals surface area contributed by atoms with Gasteiger partial charge in [-0.25, -0.2) is 0 Å². The van der Waals surface area contributed by atoms with Crippen LogP contribution in [0.1, 0.15) is 66.6 Å². The summed E-state index contributed by atoms with van der Waals surface area (Å²) >= 11 is 0. The molecule has 170 valence electrons. The maximum atomic E-state index is 10.6. The third kappa shape index (κ3) is 39.7. The Morgan fingerprint density at radius 2 is 1.54 bits per heavy atom. The summed E-state index contributed by atoms with van der Waals surface area (Å²) < 4.78 is 42.8. The molecular weight excluding hydrogens is 379 g/mol. The molecule has 0 saturated carbocycles. The second kappa shape index (κ2) is 27.9. The molecule has 0 radical (unpaired) electrons. The molecule has 1 saturated heterocycles. The van der Waals surface area contributed by atoms with Gasteiger partial charge in [-0.1, -0.05) is 26.7 Å². The molecular formula is C18H39BF4N2O3. The third-order valence-corrected chi connectivity index (χ3v) is 2.98. The summed E-state index contributed by atoms with van der Waals surface area (Å²) in [6.07, 6.45) is 8.99. The molecule has 10 heteroatoms. The van der Waals surface area contributed by atoms with E-state index in [2.05, 4.69) is 14.7 Å². The molecule has 0 aliphatic carbocycles. The summed E-state index contributed by atoms with van der Waals surface area (Å²) in [4.78, 5) is 14.8. The van der Waals surface area contributed by atoms with Gasteiger partial charge in [-0.2, -0.15) is 0 Å². The molecule has 0 aromatic rings. The zero-order valence-electron chi connectivity index (χ0n) is 19.0. The van der Waals surface area contributed by atoms with E-state index in [1.54, 1.807) is 14.0 Å². The van der Waals surface area contributed by atoms with Gasteiger partial charge in [0.1, 0.15) is 21.3 Å². The number of carbonyl (C=O) groups is 1. The number of hydrogen-bond acceptors (Lipinski definition) is 3. The Kier molecular flexibility index (Phi) is 31.3. The molecule has 2 heterocycles. The first kappa shape index (κ1) is 31.4. The number of rotatable bonds is 0. The van der Waals surface area contributed by atoms with Gasteiger partial charge in [0.05, 0.1) is 7.11 Å². The van der Waals surface area contributed by atoms with Crippen molar-refractivity contribution in [3.05, 3.63) is 0 Å². The monoisotopic (exact) mass is 419 g/mol. The molecule has 2 aliphatic heterocycles. The van der Waals surface area contributed by atoms with Crippen LogP contribution in [0.15, 0.2) is 4.99 Å². The highest BCUT2D eigenvalue weighted by Gasteiger charge is 2.06. The highest BCUT2D eigenvalue weighted by atomic mass is 19.4. The van der Waals surface area contributed by atoms with E-state index in [0.717, 1.165) is 44.7 Å². The van der Waals surface area contributed by atoms with Crippen molar-refractivity contribution in [3.8, 4) is 0 Å². The Morgan fingerprint density at radius 1 is 1.07 bits per heavy atom. The average molecular weight is 419 g/mol. The van der Waals surface area contributed by atoms with Gasteiger partial charge in [-0.15, -0.1) is 0 Å². The molecule has 0 spiro atoms. The van der Waals surface area contributed by atoms with Gasteiger partial charge >= 0.3 is 7.54 Å². The van der Waals surface area contributed by atoms with Crippen LogP contribution in [0, 0.1) is 0 Å². The quantitative estimate of drug-likeness (QED) is 0.369. The molecule has 2 rings (SSSR count). The largest absolute Gasteiger partial charge is 1.00 e. The van der Waals surface area contributed by atoms with E-state index in [9.17, 15) is 17.7 Å². The van der Waals surface area contributed by atoms with Crippen LogP contribution in [-0.4, -0.2) is 60.9 Å². The van der Waals surface area contributed by atoms with Crippen molar-refractivity contribution in [3.63, 3.8) is 0 Å². The molecule has 5 nitrogen and oxygen atoms in total. The molecule has 1 N–H and O–H groups in total. The molecule has 2 aliphatic rings. The lowest BCUT2D eigenvalue weighted by atomic mass is 10.2. The summed E-state index contributed by atoms with van der Waals surface area (Å²) in [7, 11) is 3.78. The fourth-order valence-corrected chi connectivity index (χ4v) is 1.92. The molecule has 0 unspecified atom stereocenters. The number of ether oxygens (including phenoxy) is 1. The lowest BCUT2D eigenvalue weighted by molar-refractivity contribution is -0.120. The topological polar surface area (TPSA) is 53.4 Å². The summed E-state index contributed by atoms with van der Waals surface area (Å²) in [6, 6.07) is 0. The maximum absolute atomic E-state index is 10.6. The highest BCUT2D eigenvalue weighted by Crippen LogP contribution is 2.07. The predicted molar refractivity (Wildman–Crippen MR) is 109 cm³/mol. The number of halogens is 4. The summed E-state index contributed by atoms with van der Waals surface area (Å²) in [5.74, 6) is 1.16. The first-order chi connectivity index (χ1) is 13.2. The Morgan fingerprint density at radius 3 is 2.04 bits per heavy atom. The van der Waals surface area contributed by atoms with E-state index >= 15 is 0 Å². The van der Waals surface area contributed by atoms with Gasteiger partial charge in [-0.05, 0) is 25.7 Å². The zero-order chi connectivity index (χ0) is 22.2. The van der Waals surface area contributed by atoms with Crippen molar-refractivity contribution in [2.24, 2.45) is 4.99 Å². The standard InChI is InChI=1S/C7H13NO.C6H11NO.C3H9O.C2H6.BF3.FH/c1-9-7-5-3-2-4-6-8-7;8-6-4-2-1-3-5-7-6;1-4(2)3;1-2;2-1(3)4;/h2-6H2,1H3;1-5H2,(H,7,8);1-3H3;1-2H3;;1H/q;;+1;;;/p-1/i;;;1D;;. The van der Waals surface area contributed by atoms with Crippen LogP contribution in [0.4, 0.5) is 12.9 Å². The second-order valence-electron chi connectivity index (χ2n) is 5.92. The third-order valence-electron chi connectivity index (χ3n) is 2.98. The Labute approximate surface area is 170 Å². The number of nitrogens with zero attached hydrogens (tertiary/aromatic N) is 1. The van der Waals surface area contributed by atoms with Crippen LogP contribution < -0.4 is 10.0 Å². The van der Waals surface area contributed by atoms with Crippen molar-refractivity contribution in [2.45, 2.75) is 65.2 Å². The summed E-state index contributed by atoms with van der Waals surface area (Å²) in [5, 5.41) is 2.81. The van der Waals surface area contributed by atoms with Crippen LogP contribution in [0.25, 0.3) is 0 Å². The number of carbonyl (C=O) groups excluding carboxylic acids is 1. The smallest absolute Gasteiger partial charge is 0.762 e. The van der Waals surface area contributed by atoms with Gasteiger partial charge < -0.3 is 19.1 Å². The highest BCUT2D eigenvalue weighted by molar-refractivity contribution is 6.33. The average Bonchev–Trinajstić information content (AvgIpc) is 2.99. The lowest BCUT2D eigenvalue weighted by Crippen LogP contribution is -3.00. The van der Waals surface area contributed by atoms with Gasteiger partial charge in [0.2, 0.25) is 5.91 Å². The Bertz CT molecular complexity index is 348. The molecule has 28 heavy (non-hydrogen) atoms. The zero-order valence-corrected chi connectivity index (χ0v) is 18.0. The lowest BCUT2D eigenvalue weighted by Gasteiger charge is -1.98. The van der Waals surface area contributed by atoms with Crippen LogP contribution >= 0.6 is 0 Å². The van der Waals surface area contributed by atoms with Gasteiger partial charge in [0, 0.05) is 27.3 Å². The predicted octanol–water partition coefficient (Wildman–Crippen LogP) is 1.62. The molecule has 1 amide bonds. The molecule has 0 atom stereocenters. The summed E-state index contributed by atoms with van der Waals surface area (Å²) in [6.45, 7) is 4.14. The van der Waals surface area contributed by atoms with Crippen LogP contribution in [0.3, 0.4) is 0 Å². The fraction of sp³-hybridized carbons (Fsp3) is 0.889. The number of methoxy groups -OCH3 is 1. The van der Waals surface area contributed by atoms with E-state index < -0.39 is 7.54 Å². The van der Waals surface area contributed by atoms with Crippen molar-refractivity contribution in [1.82, 2.24) is 5.32 Å². The first-order valence-corrected chi connectivity index (χ1v) is 9.25. The number of nitrogens with one attached hydrogen (secondary N) is 1. The molecule has 1 fully saturated rings. The van der Waals surface area contributed by atoms with Crippen molar-refractivity contribution >= 4 is 19.3 Å². The Hall–Kier alpha value is -1.32. The normalized spacial score (nSPS) is 15.7. The van der Waals surface area contributed by atoms with E-state index in [-0.39, 0.29) is 10.6 Å². The number of aliphatic imine (C=N–C) groups is 1. The first-order valence-electron chi connectivity index (χ1n) is 9.96.